The van der Waals surface area contributed by atoms with Crippen molar-refractivity contribution in [3.63, 3.8) is 0 Å². The van der Waals surface area contributed by atoms with Crippen LogP contribution in [-0.2, 0) is 9.59 Å². The van der Waals surface area contributed by atoms with Gasteiger partial charge in [0.05, 0.1) is 5.41 Å². The number of hydrogen-bond acceptors (Lipinski definition) is 3. The minimum Gasteiger partial charge on any atom is -0.355 e. The molecular formula is C25H26F5N3O2. The first-order valence-corrected chi connectivity index (χ1v) is 11.4. The number of carbonyl (C=O) groups excluding carboxylic acids is 2. The third-order valence-corrected chi connectivity index (χ3v) is 7.14. The van der Waals surface area contributed by atoms with Crippen molar-refractivity contribution < 1.29 is 31.5 Å². The van der Waals surface area contributed by atoms with Crippen LogP contribution < -0.4 is 10.2 Å². The second-order valence-corrected chi connectivity index (χ2v) is 9.27. The van der Waals surface area contributed by atoms with E-state index >= 15 is 0 Å². The van der Waals surface area contributed by atoms with Crippen LogP contribution in [0.15, 0.2) is 48.5 Å². The van der Waals surface area contributed by atoms with Crippen LogP contribution in [0.4, 0.5) is 27.6 Å². The number of amides is 2. The molecule has 2 amide bonds. The van der Waals surface area contributed by atoms with Gasteiger partial charge in [-0.2, -0.15) is 13.2 Å². The van der Waals surface area contributed by atoms with Crippen LogP contribution in [-0.4, -0.2) is 55.1 Å². The zero-order valence-electron chi connectivity index (χ0n) is 19.1. The van der Waals surface area contributed by atoms with Gasteiger partial charge in [0, 0.05) is 30.7 Å². The molecule has 0 bridgehead atoms. The van der Waals surface area contributed by atoms with E-state index in [0.29, 0.717) is 37.4 Å². The van der Waals surface area contributed by atoms with Gasteiger partial charge in [0.1, 0.15) is 11.6 Å². The molecular weight excluding hydrogens is 469 g/mol. The molecule has 1 spiro atoms. The highest BCUT2D eigenvalue weighted by Crippen LogP contribution is 2.47. The number of nitrogens with one attached hydrogen (secondary N) is 1. The third kappa shape index (κ3) is 5.03. The van der Waals surface area contributed by atoms with Gasteiger partial charge in [-0.15, -0.1) is 0 Å². The first-order valence-electron chi connectivity index (χ1n) is 11.4. The topological polar surface area (TPSA) is 52.7 Å². The van der Waals surface area contributed by atoms with Crippen molar-refractivity contribution in [2.45, 2.75) is 37.9 Å². The normalized spacial score (nSPS) is 21.1. The van der Waals surface area contributed by atoms with Crippen LogP contribution in [0.3, 0.4) is 0 Å². The number of rotatable bonds is 5. The maximum Gasteiger partial charge on any atom is 0.471 e. The predicted molar refractivity (Wildman–Crippen MR) is 120 cm³/mol. The molecule has 1 N–H and O–H groups in total. The highest BCUT2D eigenvalue weighted by atomic mass is 19.4. The molecule has 2 saturated heterocycles. The van der Waals surface area contributed by atoms with E-state index in [1.54, 1.807) is 12.1 Å². The van der Waals surface area contributed by atoms with Gasteiger partial charge < -0.3 is 15.1 Å². The Labute approximate surface area is 199 Å². The summed E-state index contributed by atoms with van der Waals surface area (Å²) >= 11 is 0. The summed E-state index contributed by atoms with van der Waals surface area (Å²) in [6, 6.07) is 9.56. The maximum atomic E-state index is 13.4. The molecule has 0 saturated carbocycles. The van der Waals surface area contributed by atoms with Crippen molar-refractivity contribution in [1.29, 1.82) is 0 Å². The molecule has 188 valence electrons. The van der Waals surface area contributed by atoms with Crippen LogP contribution in [0.2, 0.25) is 0 Å². The lowest BCUT2D eigenvalue weighted by molar-refractivity contribution is -0.171. The van der Waals surface area contributed by atoms with Gasteiger partial charge in [-0.3, -0.25) is 9.59 Å². The molecule has 2 aromatic carbocycles. The fraction of sp³-hybridized carbons (Fsp3) is 0.440. The Morgan fingerprint density at radius 2 is 1.60 bits per heavy atom. The average Bonchev–Trinajstić information content (AvgIpc) is 3.12. The highest BCUT2D eigenvalue weighted by molar-refractivity contribution is 5.97. The van der Waals surface area contributed by atoms with E-state index < -0.39 is 29.4 Å². The molecule has 2 atom stereocenters. The monoisotopic (exact) mass is 495 g/mol. The lowest BCUT2D eigenvalue weighted by Crippen LogP contribution is -2.53. The zero-order valence-corrected chi connectivity index (χ0v) is 19.1. The van der Waals surface area contributed by atoms with Crippen molar-refractivity contribution in [2.75, 3.05) is 31.1 Å². The average molecular weight is 495 g/mol. The van der Waals surface area contributed by atoms with Crippen molar-refractivity contribution in [2.24, 2.45) is 5.41 Å². The molecule has 2 aromatic rings. The van der Waals surface area contributed by atoms with Crippen LogP contribution in [0.1, 0.15) is 31.2 Å². The van der Waals surface area contributed by atoms with Crippen LogP contribution in [0.25, 0.3) is 0 Å². The van der Waals surface area contributed by atoms with Gasteiger partial charge in [0.25, 0.3) is 0 Å². The molecule has 10 heteroatoms. The van der Waals surface area contributed by atoms with Gasteiger partial charge in [-0.1, -0.05) is 12.1 Å². The van der Waals surface area contributed by atoms with Crippen LogP contribution >= 0.6 is 0 Å². The number of likely N-dealkylation sites (tertiary alicyclic amines) is 1. The first-order chi connectivity index (χ1) is 16.5. The second-order valence-electron chi connectivity index (χ2n) is 9.27. The van der Waals surface area contributed by atoms with E-state index in [2.05, 4.69) is 5.32 Å². The summed E-state index contributed by atoms with van der Waals surface area (Å²) in [4.78, 5) is 27.6. The van der Waals surface area contributed by atoms with Gasteiger partial charge in [-0.05, 0) is 74.8 Å². The summed E-state index contributed by atoms with van der Waals surface area (Å²) in [7, 11) is 0. The molecule has 0 aromatic heterocycles. The van der Waals surface area contributed by atoms with Gasteiger partial charge in [0.15, 0.2) is 0 Å². The van der Waals surface area contributed by atoms with Crippen LogP contribution in [0.5, 0.6) is 0 Å². The number of alkyl halides is 3. The fourth-order valence-corrected chi connectivity index (χ4v) is 5.33. The molecule has 0 unspecified atom stereocenters. The SMILES string of the molecule is C[C@@H](CN1CCC2(CC1)C(=O)NC[C@H]2c1ccc(F)cc1)N(C(=O)C(F)(F)F)c1ccc(F)cc1. The number of halogens is 5. The Hall–Kier alpha value is -3.01. The summed E-state index contributed by atoms with van der Waals surface area (Å²) in [6.07, 6.45) is -4.12. The van der Waals surface area contributed by atoms with E-state index in [4.69, 9.17) is 0 Å². The quantitative estimate of drug-likeness (QED) is 0.632. The largest absolute Gasteiger partial charge is 0.471 e. The van der Waals surface area contributed by atoms with E-state index in [1.807, 2.05) is 4.90 Å². The van der Waals surface area contributed by atoms with E-state index in [1.165, 1.54) is 19.1 Å². The lowest BCUT2D eigenvalue weighted by atomic mass is 9.68. The fourth-order valence-electron chi connectivity index (χ4n) is 5.33. The van der Waals surface area contributed by atoms with Crippen molar-refractivity contribution in [3.05, 3.63) is 65.7 Å². The highest BCUT2D eigenvalue weighted by Gasteiger charge is 2.52. The Bertz CT molecular complexity index is 1060. The smallest absolute Gasteiger partial charge is 0.355 e. The zero-order chi connectivity index (χ0) is 25.4. The molecule has 0 aliphatic carbocycles. The van der Waals surface area contributed by atoms with E-state index in [-0.39, 0.29) is 29.9 Å². The predicted octanol–water partition coefficient (Wildman–Crippen LogP) is 4.24. The Balaban J connectivity index is 1.48. The lowest BCUT2D eigenvalue weighted by Gasteiger charge is -2.42. The molecule has 2 fully saturated rings. The summed E-state index contributed by atoms with van der Waals surface area (Å²) in [5.41, 5.74) is 0.154. The Morgan fingerprint density at radius 3 is 2.14 bits per heavy atom. The van der Waals surface area contributed by atoms with Gasteiger partial charge in [-0.25, -0.2) is 8.78 Å². The molecule has 2 heterocycles. The summed E-state index contributed by atoms with van der Waals surface area (Å²) in [5.74, 6) is -3.19. The molecule has 4 rings (SSSR count). The number of hydrogen-bond donors (Lipinski definition) is 1. The third-order valence-electron chi connectivity index (χ3n) is 7.14. The molecule has 2 aliphatic rings. The van der Waals surface area contributed by atoms with Gasteiger partial charge in [0.2, 0.25) is 5.91 Å². The van der Waals surface area contributed by atoms with Crippen molar-refractivity contribution in [1.82, 2.24) is 10.2 Å². The van der Waals surface area contributed by atoms with E-state index in [0.717, 1.165) is 29.8 Å². The minimum absolute atomic E-state index is 0.0405. The number of carbonyl (C=O) groups is 2. The van der Waals surface area contributed by atoms with Gasteiger partial charge >= 0.3 is 12.1 Å². The van der Waals surface area contributed by atoms with Crippen molar-refractivity contribution >= 4 is 17.5 Å². The minimum atomic E-state index is -5.08. The van der Waals surface area contributed by atoms with Crippen LogP contribution in [0, 0.1) is 17.0 Å². The standard InChI is InChI=1S/C25H26F5N3O2/c1-16(33(23(35)25(28,29)30)20-8-6-19(27)7-9-20)15-32-12-10-24(11-13-32)21(14-31-22(24)34)17-2-4-18(26)5-3-17/h2-9,16,21H,10-15H2,1H3,(H,31,34)/t16-,21-/m0/s1. The summed E-state index contributed by atoms with van der Waals surface area (Å²) in [5, 5.41) is 2.91. The molecule has 2 aliphatic heterocycles. The molecule has 35 heavy (non-hydrogen) atoms. The number of piperidine rings is 1. The molecule has 0 radical (unpaired) electrons. The van der Waals surface area contributed by atoms with Crippen molar-refractivity contribution in [3.8, 4) is 0 Å². The maximum absolute atomic E-state index is 13.4. The van der Waals surface area contributed by atoms with E-state index in [9.17, 15) is 31.5 Å². The summed E-state index contributed by atoms with van der Waals surface area (Å²) in [6.45, 7) is 3.01. The number of anilines is 1. The first kappa shape index (κ1) is 25.1. The number of nitrogens with zero attached hydrogens (tertiary/aromatic N) is 2. The number of benzene rings is 2. The summed E-state index contributed by atoms with van der Waals surface area (Å²) < 4.78 is 66.7. The Kier molecular flexibility index (Phi) is 6.86. The second kappa shape index (κ2) is 9.56. The molecule has 5 nitrogen and oxygen atoms in total. The Morgan fingerprint density at radius 1 is 1.06 bits per heavy atom.